The molecule has 0 aromatic heterocycles. The summed E-state index contributed by atoms with van der Waals surface area (Å²) in [5.41, 5.74) is 2.85. The Morgan fingerprint density at radius 3 is 2.31 bits per heavy atom. The van der Waals surface area contributed by atoms with Crippen molar-refractivity contribution < 1.29 is 0 Å². The quantitative estimate of drug-likeness (QED) is 0.758. The van der Waals surface area contributed by atoms with Crippen molar-refractivity contribution in [2.45, 2.75) is 26.3 Å². The molecule has 0 saturated carbocycles. The lowest BCUT2D eigenvalue weighted by molar-refractivity contribution is 0.328. The average molecular weight is 220 g/mol. The van der Waals surface area contributed by atoms with Crippen LogP contribution in [0.5, 0.6) is 0 Å². The maximum atomic E-state index is 3.17. The summed E-state index contributed by atoms with van der Waals surface area (Å²) in [5.74, 6) is 0. The Labute approximate surface area is 99.7 Å². The van der Waals surface area contributed by atoms with E-state index in [1.807, 2.05) is 7.05 Å². The molecule has 0 aliphatic heterocycles. The van der Waals surface area contributed by atoms with Crippen molar-refractivity contribution in [3.63, 3.8) is 0 Å². The van der Waals surface area contributed by atoms with Gasteiger partial charge in [0.25, 0.3) is 0 Å². The highest BCUT2D eigenvalue weighted by Crippen LogP contribution is 2.08. The van der Waals surface area contributed by atoms with Crippen molar-refractivity contribution in [3.05, 3.63) is 35.4 Å². The molecule has 1 aromatic carbocycles. The number of hydrogen-bond donors (Lipinski definition) is 1. The minimum atomic E-state index is 1.04. The first kappa shape index (κ1) is 13.2. The number of likely N-dealkylation sites (N-methyl/N-ethyl adjacent to an activating group) is 2. The minimum absolute atomic E-state index is 1.04. The number of nitrogens with one attached hydrogen (secondary N) is 1. The molecular weight excluding hydrogens is 196 g/mol. The van der Waals surface area contributed by atoms with Crippen molar-refractivity contribution in [1.29, 1.82) is 0 Å². The molecule has 0 amide bonds. The summed E-state index contributed by atoms with van der Waals surface area (Å²) < 4.78 is 0. The highest BCUT2D eigenvalue weighted by atomic mass is 15.1. The third kappa shape index (κ3) is 4.77. The van der Waals surface area contributed by atoms with Crippen molar-refractivity contribution >= 4 is 0 Å². The molecule has 0 aliphatic rings. The summed E-state index contributed by atoms with van der Waals surface area (Å²) in [6.45, 7) is 5.39. The number of hydrogen-bond acceptors (Lipinski definition) is 2. The largest absolute Gasteiger partial charge is 0.318 e. The Bertz CT molecular complexity index is 279. The van der Waals surface area contributed by atoms with Crippen LogP contribution >= 0.6 is 0 Å². The maximum Gasteiger partial charge on any atom is 0.0231 e. The maximum absolute atomic E-state index is 3.17. The first-order valence-electron chi connectivity index (χ1n) is 6.17. The zero-order valence-corrected chi connectivity index (χ0v) is 10.8. The Morgan fingerprint density at radius 1 is 1.12 bits per heavy atom. The molecule has 0 heterocycles. The average Bonchev–Trinajstić information content (AvgIpc) is 2.29. The highest BCUT2D eigenvalue weighted by Gasteiger charge is 1.99. The van der Waals surface area contributed by atoms with E-state index in [4.69, 9.17) is 0 Å². The van der Waals surface area contributed by atoms with Gasteiger partial charge in [0.05, 0.1) is 0 Å². The summed E-state index contributed by atoms with van der Waals surface area (Å²) in [5, 5.41) is 3.17. The van der Waals surface area contributed by atoms with Crippen LogP contribution in [0.1, 0.15) is 24.5 Å². The standard InChI is InChI=1S/C14H24N2/c1-4-5-13-6-8-14(9-7-13)12-16(3)11-10-15-2/h6-9,15H,4-5,10-12H2,1-3H3. The normalized spacial score (nSPS) is 11.0. The van der Waals surface area contributed by atoms with E-state index in [9.17, 15) is 0 Å². The van der Waals surface area contributed by atoms with Gasteiger partial charge in [-0.05, 0) is 31.6 Å². The lowest BCUT2D eigenvalue weighted by Gasteiger charge is -2.16. The Kier molecular flexibility index (Phi) is 6.12. The Balaban J connectivity index is 2.41. The van der Waals surface area contributed by atoms with Gasteiger partial charge in [-0.2, -0.15) is 0 Å². The molecule has 0 unspecified atom stereocenters. The van der Waals surface area contributed by atoms with Crippen molar-refractivity contribution in [1.82, 2.24) is 10.2 Å². The van der Waals surface area contributed by atoms with Gasteiger partial charge in [-0.3, -0.25) is 0 Å². The third-order valence-corrected chi connectivity index (χ3v) is 2.76. The Hall–Kier alpha value is -0.860. The van der Waals surface area contributed by atoms with Crippen LogP contribution in [-0.4, -0.2) is 32.1 Å². The van der Waals surface area contributed by atoms with E-state index in [0.29, 0.717) is 0 Å². The van der Waals surface area contributed by atoms with Gasteiger partial charge in [-0.1, -0.05) is 37.6 Å². The van der Waals surface area contributed by atoms with Crippen molar-refractivity contribution in [2.75, 3.05) is 27.2 Å². The van der Waals surface area contributed by atoms with E-state index in [0.717, 1.165) is 19.6 Å². The van der Waals surface area contributed by atoms with Gasteiger partial charge < -0.3 is 10.2 Å². The summed E-state index contributed by atoms with van der Waals surface area (Å²) >= 11 is 0. The SMILES string of the molecule is CCCc1ccc(CN(C)CCNC)cc1. The topological polar surface area (TPSA) is 15.3 Å². The van der Waals surface area contributed by atoms with Crippen LogP contribution in [0.25, 0.3) is 0 Å². The summed E-state index contributed by atoms with van der Waals surface area (Å²) in [7, 11) is 4.16. The van der Waals surface area contributed by atoms with E-state index >= 15 is 0 Å². The molecule has 2 nitrogen and oxygen atoms in total. The molecule has 0 fully saturated rings. The molecule has 2 heteroatoms. The molecule has 0 spiro atoms. The summed E-state index contributed by atoms with van der Waals surface area (Å²) in [6, 6.07) is 9.01. The van der Waals surface area contributed by atoms with E-state index in [1.165, 1.54) is 24.0 Å². The first-order valence-corrected chi connectivity index (χ1v) is 6.17. The summed E-state index contributed by atoms with van der Waals surface area (Å²) in [4.78, 5) is 2.34. The van der Waals surface area contributed by atoms with E-state index in [2.05, 4.69) is 48.5 Å². The lowest BCUT2D eigenvalue weighted by atomic mass is 10.1. The van der Waals surface area contributed by atoms with Gasteiger partial charge in [0.15, 0.2) is 0 Å². The van der Waals surface area contributed by atoms with Crippen LogP contribution in [-0.2, 0) is 13.0 Å². The zero-order valence-electron chi connectivity index (χ0n) is 10.8. The second-order valence-electron chi connectivity index (χ2n) is 4.41. The van der Waals surface area contributed by atoms with Gasteiger partial charge in [-0.15, -0.1) is 0 Å². The molecule has 0 atom stereocenters. The van der Waals surface area contributed by atoms with Crippen LogP contribution in [0.2, 0.25) is 0 Å². The van der Waals surface area contributed by atoms with Gasteiger partial charge in [0, 0.05) is 19.6 Å². The molecule has 0 saturated heterocycles. The fourth-order valence-corrected chi connectivity index (χ4v) is 1.79. The molecule has 0 aliphatic carbocycles. The van der Waals surface area contributed by atoms with Crippen LogP contribution < -0.4 is 5.32 Å². The minimum Gasteiger partial charge on any atom is -0.318 e. The molecule has 1 aromatic rings. The number of benzene rings is 1. The number of aryl methyl sites for hydroxylation is 1. The molecule has 1 rings (SSSR count). The smallest absolute Gasteiger partial charge is 0.0231 e. The van der Waals surface area contributed by atoms with Crippen LogP contribution in [0.4, 0.5) is 0 Å². The first-order chi connectivity index (χ1) is 7.76. The predicted octanol–water partition coefficient (Wildman–Crippen LogP) is 2.29. The zero-order chi connectivity index (χ0) is 11.8. The van der Waals surface area contributed by atoms with Gasteiger partial charge in [0.2, 0.25) is 0 Å². The van der Waals surface area contributed by atoms with Gasteiger partial charge in [0.1, 0.15) is 0 Å². The van der Waals surface area contributed by atoms with E-state index < -0.39 is 0 Å². The van der Waals surface area contributed by atoms with Crippen LogP contribution in [0.15, 0.2) is 24.3 Å². The fourth-order valence-electron chi connectivity index (χ4n) is 1.79. The van der Waals surface area contributed by atoms with Crippen LogP contribution in [0.3, 0.4) is 0 Å². The lowest BCUT2D eigenvalue weighted by Crippen LogP contribution is -2.26. The van der Waals surface area contributed by atoms with Gasteiger partial charge >= 0.3 is 0 Å². The van der Waals surface area contributed by atoms with Gasteiger partial charge in [-0.25, -0.2) is 0 Å². The van der Waals surface area contributed by atoms with E-state index in [-0.39, 0.29) is 0 Å². The second kappa shape index (κ2) is 7.42. The molecule has 90 valence electrons. The van der Waals surface area contributed by atoms with Crippen LogP contribution in [0, 0.1) is 0 Å². The second-order valence-corrected chi connectivity index (χ2v) is 4.41. The van der Waals surface area contributed by atoms with Crippen molar-refractivity contribution in [2.24, 2.45) is 0 Å². The number of nitrogens with zero attached hydrogens (tertiary/aromatic N) is 1. The number of rotatable bonds is 7. The van der Waals surface area contributed by atoms with E-state index in [1.54, 1.807) is 0 Å². The molecule has 1 N–H and O–H groups in total. The summed E-state index contributed by atoms with van der Waals surface area (Å²) in [6.07, 6.45) is 2.41. The fraction of sp³-hybridized carbons (Fsp3) is 0.571. The highest BCUT2D eigenvalue weighted by molar-refractivity contribution is 5.22. The monoisotopic (exact) mass is 220 g/mol. The predicted molar refractivity (Wildman–Crippen MR) is 70.7 cm³/mol. The molecular formula is C14H24N2. The molecule has 0 bridgehead atoms. The third-order valence-electron chi connectivity index (χ3n) is 2.76. The van der Waals surface area contributed by atoms with Crippen molar-refractivity contribution in [3.8, 4) is 0 Å². The Morgan fingerprint density at radius 2 is 1.75 bits per heavy atom. The molecule has 16 heavy (non-hydrogen) atoms. The molecule has 0 radical (unpaired) electrons.